The SMILES string of the molecule is CCC1CCN(CC(C)(O)c2ccc(S(C)(=O)=O)cc2)C1. The van der Waals surface area contributed by atoms with E-state index in [2.05, 4.69) is 11.8 Å². The van der Waals surface area contributed by atoms with E-state index in [4.69, 9.17) is 0 Å². The Balaban J connectivity index is 2.09. The lowest BCUT2D eigenvalue weighted by Gasteiger charge is -2.29. The largest absolute Gasteiger partial charge is 0.384 e. The fourth-order valence-electron chi connectivity index (χ4n) is 2.98. The summed E-state index contributed by atoms with van der Waals surface area (Å²) in [7, 11) is -3.19. The third-order valence-electron chi connectivity index (χ3n) is 4.38. The van der Waals surface area contributed by atoms with Crippen molar-refractivity contribution in [3.8, 4) is 0 Å². The molecule has 1 aliphatic heterocycles. The van der Waals surface area contributed by atoms with Crippen molar-refractivity contribution in [1.82, 2.24) is 4.90 Å². The van der Waals surface area contributed by atoms with Crippen LogP contribution in [0.25, 0.3) is 0 Å². The van der Waals surface area contributed by atoms with Gasteiger partial charge in [0.25, 0.3) is 0 Å². The molecule has 0 aliphatic carbocycles. The summed E-state index contributed by atoms with van der Waals surface area (Å²) in [6.45, 7) is 6.64. The van der Waals surface area contributed by atoms with Gasteiger partial charge in [-0.3, -0.25) is 4.90 Å². The average Bonchev–Trinajstić information content (AvgIpc) is 2.85. The number of hydrogen-bond acceptors (Lipinski definition) is 4. The van der Waals surface area contributed by atoms with E-state index in [9.17, 15) is 13.5 Å². The number of benzene rings is 1. The van der Waals surface area contributed by atoms with Gasteiger partial charge in [0.15, 0.2) is 9.84 Å². The highest BCUT2D eigenvalue weighted by molar-refractivity contribution is 7.90. The normalized spacial score (nSPS) is 23.1. The minimum absolute atomic E-state index is 0.286. The van der Waals surface area contributed by atoms with Crippen LogP contribution in [0.3, 0.4) is 0 Å². The highest BCUT2D eigenvalue weighted by atomic mass is 32.2. The standard InChI is InChI=1S/C16H25NO3S/c1-4-13-9-10-17(11-13)12-16(2,18)14-5-7-15(8-6-14)21(3,19)20/h5-8,13,18H,4,9-12H2,1-3H3. The Hall–Kier alpha value is -0.910. The van der Waals surface area contributed by atoms with Crippen molar-refractivity contribution in [3.05, 3.63) is 29.8 Å². The first-order valence-electron chi connectivity index (χ1n) is 7.47. The van der Waals surface area contributed by atoms with E-state index < -0.39 is 15.4 Å². The van der Waals surface area contributed by atoms with Gasteiger partial charge in [0.1, 0.15) is 0 Å². The summed E-state index contributed by atoms with van der Waals surface area (Å²) < 4.78 is 22.9. The van der Waals surface area contributed by atoms with Gasteiger partial charge in [-0.05, 0) is 43.5 Å². The molecule has 0 radical (unpaired) electrons. The van der Waals surface area contributed by atoms with Crippen LogP contribution < -0.4 is 0 Å². The predicted molar refractivity (Wildman–Crippen MR) is 84.0 cm³/mol. The number of aliphatic hydroxyl groups is 1. The van der Waals surface area contributed by atoms with Crippen molar-refractivity contribution in [2.24, 2.45) is 5.92 Å². The lowest BCUT2D eigenvalue weighted by atomic mass is 9.95. The smallest absolute Gasteiger partial charge is 0.175 e. The first kappa shape index (κ1) is 16.5. The van der Waals surface area contributed by atoms with Crippen LogP contribution in [0.4, 0.5) is 0 Å². The number of nitrogens with zero attached hydrogens (tertiary/aromatic N) is 1. The molecule has 5 heteroatoms. The van der Waals surface area contributed by atoms with Gasteiger partial charge in [0.05, 0.1) is 10.5 Å². The third-order valence-corrected chi connectivity index (χ3v) is 5.51. The van der Waals surface area contributed by atoms with Gasteiger partial charge in [0, 0.05) is 19.3 Å². The number of rotatable bonds is 5. The molecule has 0 saturated carbocycles. The number of sulfone groups is 1. The van der Waals surface area contributed by atoms with Crippen LogP contribution in [0.2, 0.25) is 0 Å². The molecule has 118 valence electrons. The molecule has 0 spiro atoms. The van der Waals surface area contributed by atoms with E-state index in [0.717, 1.165) is 24.6 Å². The van der Waals surface area contributed by atoms with E-state index in [-0.39, 0.29) is 4.90 Å². The maximum Gasteiger partial charge on any atom is 0.175 e. The number of likely N-dealkylation sites (tertiary alicyclic amines) is 1. The maximum atomic E-state index is 11.5. The summed E-state index contributed by atoms with van der Waals surface area (Å²) in [6.07, 6.45) is 3.57. The Morgan fingerprint density at radius 3 is 2.43 bits per heavy atom. The highest BCUT2D eigenvalue weighted by Crippen LogP contribution is 2.27. The fourth-order valence-corrected chi connectivity index (χ4v) is 3.61. The van der Waals surface area contributed by atoms with Crippen molar-refractivity contribution in [1.29, 1.82) is 0 Å². The molecule has 1 saturated heterocycles. The second kappa shape index (κ2) is 6.07. The Bertz CT molecular complexity index is 578. The van der Waals surface area contributed by atoms with Gasteiger partial charge < -0.3 is 5.11 Å². The van der Waals surface area contributed by atoms with Crippen LogP contribution in [0, 0.1) is 5.92 Å². The molecule has 0 amide bonds. The van der Waals surface area contributed by atoms with E-state index in [0.29, 0.717) is 6.54 Å². The molecule has 1 fully saturated rings. The number of β-amino-alcohol motifs (C(OH)–C–C–N with tert-alkyl or cyclic N) is 1. The van der Waals surface area contributed by atoms with Gasteiger partial charge >= 0.3 is 0 Å². The van der Waals surface area contributed by atoms with Crippen LogP contribution in [0.1, 0.15) is 32.3 Å². The van der Waals surface area contributed by atoms with E-state index in [1.807, 2.05) is 0 Å². The highest BCUT2D eigenvalue weighted by Gasteiger charge is 2.30. The molecule has 4 nitrogen and oxygen atoms in total. The van der Waals surface area contributed by atoms with E-state index in [1.165, 1.54) is 19.1 Å². The van der Waals surface area contributed by atoms with E-state index >= 15 is 0 Å². The molecular weight excluding hydrogens is 286 g/mol. The van der Waals surface area contributed by atoms with Crippen molar-refractivity contribution >= 4 is 9.84 Å². The topological polar surface area (TPSA) is 57.6 Å². The van der Waals surface area contributed by atoms with Crippen molar-refractivity contribution in [3.63, 3.8) is 0 Å². The van der Waals surface area contributed by atoms with Gasteiger partial charge in [-0.25, -0.2) is 8.42 Å². The Kier molecular flexibility index (Phi) is 4.76. The predicted octanol–water partition coefficient (Wildman–Crippen LogP) is 2.03. The molecule has 2 unspecified atom stereocenters. The maximum absolute atomic E-state index is 11.5. The molecule has 2 rings (SSSR count). The van der Waals surface area contributed by atoms with Gasteiger partial charge in [-0.1, -0.05) is 25.5 Å². The third kappa shape index (κ3) is 4.05. The zero-order chi connectivity index (χ0) is 15.7. The van der Waals surface area contributed by atoms with Crippen molar-refractivity contribution < 1.29 is 13.5 Å². The minimum atomic E-state index is -3.19. The van der Waals surface area contributed by atoms with Crippen molar-refractivity contribution in [2.45, 2.75) is 37.2 Å². The summed E-state index contributed by atoms with van der Waals surface area (Å²) in [5, 5.41) is 10.7. The second-order valence-electron chi connectivity index (χ2n) is 6.37. The molecule has 0 aromatic heterocycles. The minimum Gasteiger partial charge on any atom is -0.384 e. The molecule has 2 atom stereocenters. The fraction of sp³-hybridized carbons (Fsp3) is 0.625. The lowest BCUT2D eigenvalue weighted by molar-refractivity contribution is 0.0216. The summed E-state index contributed by atoms with van der Waals surface area (Å²) in [4.78, 5) is 2.58. The van der Waals surface area contributed by atoms with Gasteiger partial charge in [0.2, 0.25) is 0 Å². The second-order valence-corrected chi connectivity index (χ2v) is 8.38. The van der Waals surface area contributed by atoms with Crippen LogP contribution in [0.5, 0.6) is 0 Å². The summed E-state index contributed by atoms with van der Waals surface area (Å²) >= 11 is 0. The van der Waals surface area contributed by atoms with Crippen LogP contribution in [-0.4, -0.2) is 44.3 Å². The van der Waals surface area contributed by atoms with E-state index in [1.54, 1.807) is 31.2 Å². The van der Waals surface area contributed by atoms with Crippen LogP contribution >= 0.6 is 0 Å². The monoisotopic (exact) mass is 311 g/mol. The van der Waals surface area contributed by atoms with Crippen LogP contribution in [-0.2, 0) is 15.4 Å². The quantitative estimate of drug-likeness (QED) is 0.904. The lowest BCUT2D eigenvalue weighted by Crippen LogP contribution is -2.37. The zero-order valence-corrected chi connectivity index (χ0v) is 13.9. The molecule has 1 heterocycles. The van der Waals surface area contributed by atoms with Gasteiger partial charge in [-0.2, -0.15) is 0 Å². The van der Waals surface area contributed by atoms with Gasteiger partial charge in [-0.15, -0.1) is 0 Å². The summed E-state index contributed by atoms with van der Waals surface area (Å²) in [5.41, 5.74) is -0.201. The molecule has 1 aromatic rings. The molecule has 1 aromatic carbocycles. The first-order chi connectivity index (χ1) is 9.72. The average molecular weight is 311 g/mol. The Morgan fingerprint density at radius 1 is 1.33 bits per heavy atom. The molecule has 21 heavy (non-hydrogen) atoms. The molecular formula is C16H25NO3S. The number of hydrogen-bond donors (Lipinski definition) is 1. The first-order valence-corrected chi connectivity index (χ1v) is 9.37. The Morgan fingerprint density at radius 2 is 1.95 bits per heavy atom. The van der Waals surface area contributed by atoms with Crippen molar-refractivity contribution in [2.75, 3.05) is 25.9 Å². The van der Waals surface area contributed by atoms with Crippen LogP contribution in [0.15, 0.2) is 29.2 Å². The summed E-state index contributed by atoms with van der Waals surface area (Å²) in [6, 6.07) is 6.56. The molecule has 0 bridgehead atoms. The molecule has 1 N–H and O–H groups in total. The summed E-state index contributed by atoms with van der Waals surface area (Å²) in [5.74, 6) is 0.730. The Labute approximate surface area is 127 Å². The zero-order valence-electron chi connectivity index (χ0n) is 13.0. The molecule has 1 aliphatic rings.